The van der Waals surface area contributed by atoms with Gasteiger partial charge in [0, 0.05) is 23.0 Å². The van der Waals surface area contributed by atoms with Gasteiger partial charge < -0.3 is 0 Å². The minimum Gasteiger partial charge on any atom is -0.265 e. The highest BCUT2D eigenvalue weighted by molar-refractivity contribution is 6.53. The third-order valence-electron chi connectivity index (χ3n) is 2.47. The normalized spacial score (nSPS) is 11.7. The third-order valence-corrected chi connectivity index (χ3v) is 3.09. The SMILES string of the molecule is N#C/C(=C(\Cl)c1cc(Cl)ccc1F)c1ccncc1. The van der Waals surface area contributed by atoms with Crippen LogP contribution in [-0.2, 0) is 0 Å². The van der Waals surface area contributed by atoms with Crippen molar-refractivity contribution in [3.63, 3.8) is 0 Å². The maximum atomic E-state index is 13.7. The number of rotatable bonds is 2. The monoisotopic (exact) mass is 292 g/mol. The van der Waals surface area contributed by atoms with Gasteiger partial charge in [-0.15, -0.1) is 0 Å². The van der Waals surface area contributed by atoms with Crippen LogP contribution in [0.1, 0.15) is 11.1 Å². The number of nitrogens with zero attached hydrogens (tertiary/aromatic N) is 2. The molecule has 1 aromatic carbocycles. The molecule has 0 saturated heterocycles. The van der Waals surface area contributed by atoms with Gasteiger partial charge in [-0.25, -0.2) is 4.39 Å². The molecule has 2 aromatic rings. The number of nitriles is 1. The molecule has 2 nitrogen and oxygen atoms in total. The second-order valence-corrected chi connectivity index (χ2v) is 4.48. The lowest BCUT2D eigenvalue weighted by Crippen LogP contribution is -1.90. The second kappa shape index (κ2) is 5.83. The molecule has 0 saturated carbocycles. The lowest BCUT2D eigenvalue weighted by molar-refractivity contribution is 0.625. The predicted octanol–water partition coefficient (Wildman–Crippen LogP) is 4.50. The van der Waals surface area contributed by atoms with E-state index in [0.717, 1.165) is 0 Å². The molecule has 0 spiro atoms. The van der Waals surface area contributed by atoms with Crippen molar-refractivity contribution in [3.05, 3.63) is 64.7 Å². The van der Waals surface area contributed by atoms with Crippen LogP contribution < -0.4 is 0 Å². The quantitative estimate of drug-likeness (QED) is 0.764. The topological polar surface area (TPSA) is 36.7 Å². The number of allylic oxidation sites excluding steroid dienone is 1. The first kappa shape index (κ1) is 13.5. The molecule has 94 valence electrons. The summed E-state index contributed by atoms with van der Waals surface area (Å²) in [4.78, 5) is 3.86. The number of benzene rings is 1. The van der Waals surface area contributed by atoms with Crippen LogP contribution in [-0.4, -0.2) is 4.98 Å². The Morgan fingerprint density at radius 3 is 2.53 bits per heavy atom. The molecule has 0 aliphatic rings. The van der Waals surface area contributed by atoms with E-state index in [-0.39, 0.29) is 16.2 Å². The van der Waals surface area contributed by atoms with Crippen molar-refractivity contribution in [2.24, 2.45) is 0 Å². The summed E-state index contributed by atoms with van der Waals surface area (Å²) < 4.78 is 13.7. The molecule has 5 heteroatoms. The predicted molar refractivity (Wildman–Crippen MR) is 73.9 cm³/mol. The van der Waals surface area contributed by atoms with Crippen LogP contribution in [0.15, 0.2) is 42.7 Å². The van der Waals surface area contributed by atoms with E-state index < -0.39 is 5.82 Å². The summed E-state index contributed by atoms with van der Waals surface area (Å²) in [6.07, 6.45) is 3.07. The van der Waals surface area contributed by atoms with Gasteiger partial charge in [0.1, 0.15) is 11.9 Å². The van der Waals surface area contributed by atoms with Crippen LogP contribution in [0, 0.1) is 17.1 Å². The molecule has 2 rings (SSSR count). The Bertz CT molecular complexity index is 676. The Balaban J connectivity index is 2.62. The van der Waals surface area contributed by atoms with Gasteiger partial charge in [0.15, 0.2) is 0 Å². The Morgan fingerprint density at radius 2 is 1.89 bits per heavy atom. The largest absolute Gasteiger partial charge is 0.265 e. The molecule has 0 unspecified atom stereocenters. The van der Waals surface area contributed by atoms with Crippen molar-refractivity contribution in [2.45, 2.75) is 0 Å². The van der Waals surface area contributed by atoms with E-state index in [0.29, 0.717) is 10.6 Å². The van der Waals surface area contributed by atoms with Crippen LogP contribution in [0.4, 0.5) is 4.39 Å². The Morgan fingerprint density at radius 1 is 1.21 bits per heavy atom. The van der Waals surface area contributed by atoms with Gasteiger partial charge in [-0.2, -0.15) is 5.26 Å². The standard InChI is InChI=1S/C14H7Cl2FN2/c15-10-1-2-13(17)11(7-10)14(16)12(8-18)9-3-5-19-6-4-9/h1-7H/b14-12+. The number of hydrogen-bond acceptors (Lipinski definition) is 2. The van der Waals surface area contributed by atoms with Crippen LogP contribution in [0.3, 0.4) is 0 Å². The van der Waals surface area contributed by atoms with Crippen LogP contribution in [0.2, 0.25) is 5.02 Å². The van der Waals surface area contributed by atoms with Gasteiger partial charge in [-0.1, -0.05) is 23.2 Å². The van der Waals surface area contributed by atoms with Gasteiger partial charge in [0.25, 0.3) is 0 Å². The van der Waals surface area contributed by atoms with Gasteiger partial charge in [-0.3, -0.25) is 4.98 Å². The van der Waals surface area contributed by atoms with Gasteiger partial charge in [0.05, 0.1) is 10.6 Å². The second-order valence-electron chi connectivity index (χ2n) is 3.66. The van der Waals surface area contributed by atoms with E-state index in [1.165, 1.54) is 30.6 Å². The maximum absolute atomic E-state index is 13.7. The molecule has 0 fully saturated rings. The smallest absolute Gasteiger partial charge is 0.132 e. The molecule has 1 heterocycles. The Kier molecular flexibility index (Phi) is 4.16. The van der Waals surface area contributed by atoms with E-state index in [1.807, 2.05) is 6.07 Å². The molecule has 0 atom stereocenters. The fourth-order valence-corrected chi connectivity index (χ4v) is 2.03. The molecule has 0 amide bonds. The molecule has 0 radical (unpaired) electrons. The summed E-state index contributed by atoms with van der Waals surface area (Å²) in [5.74, 6) is -0.531. The summed E-state index contributed by atoms with van der Waals surface area (Å²) in [6, 6.07) is 9.25. The average molecular weight is 293 g/mol. The highest BCUT2D eigenvalue weighted by atomic mass is 35.5. The van der Waals surface area contributed by atoms with E-state index in [1.54, 1.807) is 12.1 Å². The zero-order valence-corrected chi connectivity index (χ0v) is 11.1. The van der Waals surface area contributed by atoms with E-state index in [9.17, 15) is 9.65 Å². The minimum atomic E-state index is -0.531. The van der Waals surface area contributed by atoms with Crippen LogP contribution in [0.25, 0.3) is 10.6 Å². The number of hydrogen-bond donors (Lipinski definition) is 0. The first-order valence-corrected chi connectivity index (χ1v) is 6.04. The first-order chi connectivity index (χ1) is 9.13. The minimum absolute atomic E-state index is 0.0219. The molecular formula is C14H7Cl2FN2. The van der Waals surface area contributed by atoms with Crippen molar-refractivity contribution >= 4 is 33.8 Å². The molecule has 1 aromatic heterocycles. The third kappa shape index (κ3) is 2.93. The van der Waals surface area contributed by atoms with E-state index in [2.05, 4.69) is 4.98 Å². The molecule has 0 aliphatic heterocycles. The van der Waals surface area contributed by atoms with Crippen molar-refractivity contribution < 1.29 is 4.39 Å². The van der Waals surface area contributed by atoms with Crippen LogP contribution in [0.5, 0.6) is 0 Å². The van der Waals surface area contributed by atoms with E-state index in [4.69, 9.17) is 23.2 Å². The van der Waals surface area contributed by atoms with Crippen LogP contribution >= 0.6 is 23.2 Å². The van der Waals surface area contributed by atoms with Crippen molar-refractivity contribution in [1.29, 1.82) is 5.26 Å². The lowest BCUT2D eigenvalue weighted by Gasteiger charge is -2.06. The molecule has 0 bridgehead atoms. The average Bonchev–Trinajstić information content (AvgIpc) is 2.43. The maximum Gasteiger partial charge on any atom is 0.132 e. The zero-order valence-electron chi connectivity index (χ0n) is 9.57. The summed E-state index contributed by atoms with van der Waals surface area (Å²) in [7, 11) is 0. The number of pyridine rings is 1. The fourth-order valence-electron chi connectivity index (χ4n) is 1.56. The van der Waals surface area contributed by atoms with Gasteiger partial charge >= 0.3 is 0 Å². The number of aromatic nitrogens is 1. The summed E-state index contributed by atoms with van der Waals surface area (Å²) in [5.41, 5.74) is 0.842. The van der Waals surface area contributed by atoms with Crippen molar-refractivity contribution in [1.82, 2.24) is 4.98 Å². The molecule has 0 aliphatic carbocycles. The number of halogens is 3. The van der Waals surface area contributed by atoms with Gasteiger partial charge in [-0.05, 0) is 35.9 Å². The summed E-state index contributed by atoms with van der Waals surface area (Å²) in [6.45, 7) is 0. The Hall–Kier alpha value is -1.89. The molecule has 19 heavy (non-hydrogen) atoms. The van der Waals surface area contributed by atoms with Crippen molar-refractivity contribution in [2.75, 3.05) is 0 Å². The zero-order chi connectivity index (χ0) is 13.8. The highest BCUT2D eigenvalue weighted by Crippen LogP contribution is 2.32. The van der Waals surface area contributed by atoms with E-state index >= 15 is 0 Å². The summed E-state index contributed by atoms with van der Waals surface area (Å²) in [5, 5.41) is 9.57. The molecule has 0 N–H and O–H groups in total. The molecular weight excluding hydrogens is 286 g/mol. The Labute approximate surface area is 119 Å². The van der Waals surface area contributed by atoms with Crippen molar-refractivity contribution in [3.8, 4) is 6.07 Å². The first-order valence-electron chi connectivity index (χ1n) is 5.29. The fraction of sp³-hybridized carbons (Fsp3) is 0. The van der Waals surface area contributed by atoms with Gasteiger partial charge in [0.2, 0.25) is 0 Å². The summed E-state index contributed by atoms with van der Waals surface area (Å²) >= 11 is 11.9. The lowest BCUT2D eigenvalue weighted by atomic mass is 10.0. The highest BCUT2D eigenvalue weighted by Gasteiger charge is 2.13.